The molecule has 0 aliphatic carbocycles. The number of nitrogens with zero attached hydrogens (tertiary/aromatic N) is 3. The third-order valence-electron chi connectivity index (χ3n) is 3.90. The Morgan fingerprint density at radius 1 is 0.909 bits per heavy atom. The van der Waals surface area contributed by atoms with Gasteiger partial charge in [-0.3, -0.25) is 10.1 Å². The van der Waals surface area contributed by atoms with Gasteiger partial charge in [-0.1, -0.05) is 23.7 Å². The Labute approximate surface area is 133 Å². The van der Waals surface area contributed by atoms with Crippen molar-refractivity contribution in [2.45, 2.75) is 0 Å². The molecule has 1 heterocycles. The molecule has 2 aromatic carbocycles. The number of benzene rings is 2. The molecule has 0 saturated carbocycles. The van der Waals surface area contributed by atoms with E-state index in [4.69, 9.17) is 11.6 Å². The highest BCUT2D eigenvalue weighted by Gasteiger charge is 2.19. The largest absolute Gasteiger partial charge is 0.368 e. The number of rotatable bonds is 3. The van der Waals surface area contributed by atoms with Crippen LogP contribution in [0, 0.1) is 10.1 Å². The van der Waals surface area contributed by atoms with Crippen molar-refractivity contribution in [1.82, 2.24) is 0 Å². The molecule has 0 aromatic heterocycles. The van der Waals surface area contributed by atoms with Crippen molar-refractivity contribution >= 4 is 28.7 Å². The van der Waals surface area contributed by atoms with Crippen molar-refractivity contribution in [2.75, 3.05) is 36.0 Å². The maximum atomic E-state index is 10.7. The number of nitro groups is 1. The van der Waals surface area contributed by atoms with Gasteiger partial charge in [0, 0.05) is 44.0 Å². The van der Waals surface area contributed by atoms with Crippen LogP contribution in [0.1, 0.15) is 0 Å². The first-order chi connectivity index (χ1) is 10.6. The molecule has 0 atom stereocenters. The molecule has 1 aliphatic heterocycles. The predicted molar refractivity (Wildman–Crippen MR) is 89.0 cm³/mol. The zero-order chi connectivity index (χ0) is 15.5. The second kappa shape index (κ2) is 6.23. The number of nitro benzene ring substituents is 1. The molecule has 1 saturated heterocycles. The van der Waals surface area contributed by atoms with E-state index in [1.807, 2.05) is 36.4 Å². The smallest absolute Gasteiger partial charge is 0.269 e. The van der Waals surface area contributed by atoms with Gasteiger partial charge in [0.25, 0.3) is 5.69 Å². The van der Waals surface area contributed by atoms with Crippen LogP contribution in [0.15, 0.2) is 48.5 Å². The number of hydrogen-bond acceptors (Lipinski definition) is 4. The molecule has 0 amide bonds. The quantitative estimate of drug-likeness (QED) is 0.641. The van der Waals surface area contributed by atoms with Crippen LogP contribution in [0.2, 0.25) is 5.02 Å². The number of hydrogen-bond donors (Lipinski definition) is 0. The van der Waals surface area contributed by atoms with Gasteiger partial charge in [-0.15, -0.1) is 0 Å². The minimum absolute atomic E-state index is 0.124. The Hall–Kier alpha value is -2.27. The lowest BCUT2D eigenvalue weighted by Crippen LogP contribution is -2.46. The van der Waals surface area contributed by atoms with E-state index in [0.717, 1.165) is 42.6 Å². The molecule has 0 unspecified atom stereocenters. The van der Waals surface area contributed by atoms with Gasteiger partial charge in [0.05, 0.1) is 15.6 Å². The van der Waals surface area contributed by atoms with Crippen LogP contribution in [-0.2, 0) is 0 Å². The average Bonchev–Trinajstić information content (AvgIpc) is 2.56. The molecule has 114 valence electrons. The number of para-hydroxylation sites is 1. The van der Waals surface area contributed by atoms with Gasteiger partial charge < -0.3 is 9.80 Å². The van der Waals surface area contributed by atoms with Crippen molar-refractivity contribution in [2.24, 2.45) is 0 Å². The molecule has 1 aliphatic rings. The van der Waals surface area contributed by atoms with E-state index in [2.05, 4.69) is 9.80 Å². The Morgan fingerprint density at radius 3 is 2.09 bits per heavy atom. The maximum Gasteiger partial charge on any atom is 0.269 e. The summed E-state index contributed by atoms with van der Waals surface area (Å²) in [6, 6.07) is 14.6. The van der Waals surface area contributed by atoms with E-state index in [9.17, 15) is 10.1 Å². The molecule has 1 fully saturated rings. The second-order valence-electron chi connectivity index (χ2n) is 5.20. The van der Waals surface area contributed by atoms with Crippen molar-refractivity contribution in [1.29, 1.82) is 0 Å². The summed E-state index contributed by atoms with van der Waals surface area (Å²) < 4.78 is 0. The van der Waals surface area contributed by atoms with E-state index in [1.165, 1.54) is 0 Å². The Kier molecular flexibility index (Phi) is 4.15. The average molecular weight is 318 g/mol. The zero-order valence-electron chi connectivity index (χ0n) is 12.0. The standard InChI is InChI=1S/C16H16ClN3O2/c17-15-3-1-2-4-16(15)19-11-9-18(10-12-19)13-5-7-14(8-6-13)20(21)22/h1-8H,9-12H2. The summed E-state index contributed by atoms with van der Waals surface area (Å²) in [5, 5.41) is 11.5. The summed E-state index contributed by atoms with van der Waals surface area (Å²) in [6.07, 6.45) is 0. The summed E-state index contributed by atoms with van der Waals surface area (Å²) in [5.74, 6) is 0. The summed E-state index contributed by atoms with van der Waals surface area (Å²) >= 11 is 6.24. The molecule has 5 nitrogen and oxygen atoms in total. The van der Waals surface area contributed by atoms with E-state index >= 15 is 0 Å². The van der Waals surface area contributed by atoms with Gasteiger partial charge in [0.2, 0.25) is 0 Å². The summed E-state index contributed by atoms with van der Waals surface area (Å²) in [6.45, 7) is 3.48. The fourth-order valence-electron chi connectivity index (χ4n) is 2.70. The van der Waals surface area contributed by atoms with Crippen LogP contribution in [0.4, 0.5) is 17.1 Å². The molecule has 0 N–H and O–H groups in total. The van der Waals surface area contributed by atoms with Crippen molar-refractivity contribution in [3.05, 3.63) is 63.7 Å². The predicted octanol–water partition coefficient (Wildman–Crippen LogP) is 3.57. The normalized spacial score (nSPS) is 15.0. The van der Waals surface area contributed by atoms with Crippen LogP contribution < -0.4 is 9.80 Å². The molecule has 0 radical (unpaired) electrons. The van der Waals surface area contributed by atoms with Crippen LogP contribution in [-0.4, -0.2) is 31.1 Å². The van der Waals surface area contributed by atoms with Gasteiger partial charge in [-0.25, -0.2) is 0 Å². The number of non-ortho nitro benzene ring substituents is 1. The van der Waals surface area contributed by atoms with Gasteiger partial charge in [0.1, 0.15) is 0 Å². The molecule has 2 aromatic rings. The number of halogens is 1. The minimum atomic E-state index is -0.376. The molecular formula is C16H16ClN3O2. The van der Waals surface area contributed by atoms with E-state index < -0.39 is 0 Å². The lowest BCUT2D eigenvalue weighted by molar-refractivity contribution is -0.384. The molecular weight excluding hydrogens is 302 g/mol. The maximum absolute atomic E-state index is 10.7. The van der Waals surface area contributed by atoms with Gasteiger partial charge in [-0.2, -0.15) is 0 Å². The third-order valence-corrected chi connectivity index (χ3v) is 4.22. The first-order valence-electron chi connectivity index (χ1n) is 7.14. The third kappa shape index (κ3) is 2.99. The van der Waals surface area contributed by atoms with Gasteiger partial charge in [0.15, 0.2) is 0 Å². The summed E-state index contributed by atoms with van der Waals surface area (Å²) in [7, 11) is 0. The highest BCUT2D eigenvalue weighted by Crippen LogP contribution is 2.27. The number of piperazine rings is 1. The fourth-order valence-corrected chi connectivity index (χ4v) is 2.95. The van der Waals surface area contributed by atoms with E-state index in [0.29, 0.717) is 0 Å². The fraction of sp³-hybridized carbons (Fsp3) is 0.250. The topological polar surface area (TPSA) is 49.6 Å². The molecule has 6 heteroatoms. The van der Waals surface area contributed by atoms with E-state index in [1.54, 1.807) is 12.1 Å². The molecule has 0 spiro atoms. The Bertz CT molecular complexity index is 667. The van der Waals surface area contributed by atoms with Gasteiger partial charge in [-0.05, 0) is 24.3 Å². The first kappa shape index (κ1) is 14.7. The minimum Gasteiger partial charge on any atom is -0.368 e. The molecule has 0 bridgehead atoms. The van der Waals surface area contributed by atoms with E-state index in [-0.39, 0.29) is 10.6 Å². The van der Waals surface area contributed by atoms with Crippen molar-refractivity contribution < 1.29 is 4.92 Å². The van der Waals surface area contributed by atoms with Gasteiger partial charge >= 0.3 is 0 Å². The second-order valence-corrected chi connectivity index (χ2v) is 5.61. The zero-order valence-corrected chi connectivity index (χ0v) is 12.7. The summed E-state index contributed by atoms with van der Waals surface area (Å²) in [4.78, 5) is 14.8. The highest BCUT2D eigenvalue weighted by molar-refractivity contribution is 6.33. The highest BCUT2D eigenvalue weighted by atomic mass is 35.5. The van der Waals surface area contributed by atoms with Crippen LogP contribution in [0.25, 0.3) is 0 Å². The number of anilines is 2. The lowest BCUT2D eigenvalue weighted by Gasteiger charge is -2.37. The monoisotopic (exact) mass is 317 g/mol. The van der Waals surface area contributed by atoms with Crippen molar-refractivity contribution in [3.63, 3.8) is 0 Å². The lowest BCUT2D eigenvalue weighted by atomic mass is 10.2. The SMILES string of the molecule is O=[N+]([O-])c1ccc(N2CCN(c3ccccc3Cl)CC2)cc1. The van der Waals surface area contributed by atoms with Crippen molar-refractivity contribution in [3.8, 4) is 0 Å². The van der Waals surface area contributed by atoms with Crippen LogP contribution >= 0.6 is 11.6 Å². The first-order valence-corrected chi connectivity index (χ1v) is 7.52. The summed E-state index contributed by atoms with van der Waals surface area (Å²) in [5.41, 5.74) is 2.20. The van der Waals surface area contributed by atoms with Crippen LogP contribution in [0.5, 0.6) is 0 Å². The Balaban J connectivity index is 1.66. The Morgan fingerprint density at radius 2 is 1.50 bits per heavy atom. The van der Waals surface area contributed by atoms with Crippen LogP contribution in [0.3, 0.4) is 0 Å². The molecule has 3 rings (SSSR count). The molecule has 22 heavy (non-hydrogen) atoms.